The molecule has 9 heteroatoms. The van der Waals surface area contributed by atoms with Crippen LogP contribution in [0.25, 0.3) is 32.9 Å². The molecule has 5 aromatic rings. The van der Waals surface area contributed by atoms with E-state index < -0.39 is 29.3 Å². The van der Waals surface area contributed by atoms with Crippen LogP contribution in [0.2, 0.25) is 0 Å². The van der Waals surface area contributed by atoms with Crippen molar-refractivity contribution in [3.05, 3.63) is 63.8 Å². The molecule has 1 aliphatic rings. The van der Waals surface area contributed by atoms with E-state index in [0.717, 1.165) is 6.07 Å². The molecule has 3 heterocycles. The molecule has 1 aliphatic heterocycles. The van der Waals surface area contributed by atoms with Gasteiger partial charge in [0.1, 0.15) is 28.6 Å². The van der Waals surface area contributed by atoms with Gasteiger partial charge in [-0.25, -0.2) is 0 Å². The zero-order chi connectivity index (χ0) is 23.0. The van der Waals surface area contributed by atoms with Crippen LogP contribution in [-0.4, -0.2) is 31.6 Å². The van der Waals surface area contributed by atoms with E-state index in [1.54, 1.807) is 6.07 Å². The molecule has 166 valence electrons. The Morgan fingerprint density at radius 3 is 2.42 bits per heavy atom. The number of aromatic hydroxyl groups is 4. The third-order valence-corrected chi connectivity index (χ3v) is 5.97. The van der Waals surface area contributed by atoms with Crippen molar-refractivity contribution in [3.63, 3.8) is 0 Å². The van der Waals surface area contributed by atoms with Gasteiger partial charge in [-0.05, 0) is 23.8 Å². The van der Waals surface area contributed by atoms with Crippen LogP contribution in [-0.2, 0) is 6.42 Å². The molecule has 0 saturated heterocycles. The minimum atomic E-state index is -1.03. The molecular formula is C24H16O9. The van der Waals surface area contributed by atoms with Crippen LogP contribution < -0.4 is 10.2 Å². The summed E-state index contributed by atoms with van der Waals surface area (Å²) in [5.74, 6) is -1.17. The normalized spacial score (nSPS) is 18.0. The molecule has 33 heavy (non-hydrogen) atoms. The number of rotatable bonds is 1. The van der Waals surface area contributed by atoms with Gasteiger partial charge in [0.15, 0.2) is 17.2 Å². The third kappa shape index (κ3) is 2.79. The molecule has 3 aromatic carbocycles. The molecule has 2 atom stereocenters. The summed E-state index contributed by atoms with van der Waals surface area (Å²) in [7, 11) is 0. The summed E-state index contributed by atoms with van der Waals surface area (Å²) < 4.78 is 17.6. The van der Waals surface area contributed by atoms with Crippen LogP contribution in [0, 0.1) is 0 Å². The van der Waals surface area contributed by atoms with Gasteiger partial charge in [0.25, 0.3) is 5.95 Å². The predicted octanol–water partition coefficient (Wildman–Crippen LogP) is 3.55. The van der Waals surface area contributed by atoms with E-state index in [1.165, 1.54) is 30.3 Å². The third-order valence-electron chi connectivity index (χ3n) is 5.97. The van der Waals surface area contributed by atoms with Crippen molar-refractivity contribution < 1.29 is 39.1 Å². The summed E-state index contributed by atoms with van der Waals surface area (Å²) in [6.07, 6.45) is -1.78. The molecule has 0 amide bonds. The molecule has 9 nitrogen and oxygen atoms in total. The quantitative estimate of drug-likeness (QED) is 0.147. The van der Waals surface area contributed by atoms with Crippen molar-refractivity contribution in [2.45, 2.75) is 18.6 Å². The summed E-state index contributed by atoms with van der Waals surface area (Å²) in [6, 6.07) is 9.54. The number of benzene rings is 3. The highest BCUT2D eigenvalue weighted by Gasteiger charge is 2.34. The number of phenols is 3. The maximum absolute atomic E-state index is 11.9. The van der Waals surface area contributed by atoms with E-state index in [2.05, 4.69) is 0 Å². The zero-order valence-electron chi connectivity index (χ0n) is 16.8. The zero-order valence-corrected chi connectivity index (χ0v) is 16.8. The van der Waals surface area contributed by atoms with Crippen LogP contribution in [0.3, 0.4) is 0 Å². The maximum Gasteiger partial charge on any atom is 0.282 e. The highest BCUT2D eigenvalue weighted by molar-refractivity contribution is 6.17. The molecule has 0 bridgehead atoms. The Bertz CT molecular complexity index is 1660. The van der Waals surface area contributed by atoms with Gasteiger partial charge in [-0.15, -0.1) is 0 Å². The number of aliphatic hydroxyl groups excluding tert-OH is 1. The molecule has 0 radical (unpaired) electrons. The van der Waals surface area contributed by atoms with Gasteiger partial charge in [-0.3, -0.25) is 4.79 Å². The van der Waals surface area contributed by atoms with Gasteiger partial charge >= 0.3 is 0 Å². The fourth-order valence-corrected chi connectivity index (χ4v) is 4.44. The molecule has 0 unspecified atom stereocenters. The van der Waals surface area contributed by atoms with E-state index in [9.17, 15) is 30.3 Å². The standard InChI is InChI=1S/C24H16O9/c25-13-2-1-9(3-14(13)26)23-17(29)5-12-19(32-23)8-20-22-11(6-21(30)33-24(12)22)10-4-15(27)16(28)7-18(10)31-20/h1-4,6-8,17,23,25-27,29-30H,5H2/t17-,23-/m1/s1. The molecule has 2 aromatic heterocycles. The number of phenolic OH excluding ortho intramolecular Hbond substituents is 3. The second-order valence-electron chi connectivity index (χ2n) is 8.03. The minimum absolute atomic E-state index is 0.0996. The van der Waals surface area contributed by atoms with Gasteiger partial charge in [-0.1, -0.05) is 6.07 Å². The van der Waals surface area contributed by atoms with Gasteiger partial charge in [-0.2, -0.15) is 0 Å². The Kier molecular flexibility index (Phi) is 3.84. The lowest BCUT2D eigenvalue weighted by Gasteiger charge is -2.31. The molecule has 5 N–H and O–H groups in total. The van der Waals surface area contributed by atoms with Crippen molar-refractivity contribution in [1.29, 1.82) is 0 Å². The largest absolute Gasteiger partial charge is 0.504 e. The van der Waals surface area contributed by atoms with Crippen molar-refractivity contribution in [1.82, 2.24) is 0 Å². The Morgan fingerprint density at radius 1 is 0.818 bits per heavy atom. The SMILES string of the molecule is O=c1cc2oc3cc4c(c5oc(O)cc(c2cc1O)c35)C[C@@H](O)[C@@H](c1ccc(O)c(O)c1)O4. The summed E-state index contributed by atoms with van der Waals surface area (Å²) in [4.78, 5) is 11.9. The first kappa shape index (κ1) is 19.3. The molecule has 0 saturated carbocycles. The van der Waals surface area contributed by atoms with Gasteiger partial charge < -0.3 is 39.1 Å². The molecular weight excluding hydrogens is 432 g/mol. The Labute approximate surface area is 183 Å². The molecule has 0 spiro atoms. The average Bonchev–Trinajstić information content (AvgIpc) is 2.77. The predicted molar refractivity (Wildman–Crippen MR) is 116 cm³/mol. The van der Waals surface area contributed by atoms with Crippen molar-refractivity contribution in [2.24, 2.45) is 0 Å². The van der Waals surface area contributed by atoms with Crippen LogP contribution in [0.15, 0.2) is 56.1 Å². The lowest BCUT2D eigenvalue weighted by molar-refractivity contribution is 0.0209. The summed E-state index contributed by atoms with van der Waals surface area (Å²) in [5.41, 5.74) is 1.08. The first-order valence-corrected chi connectivity index (χ1v) is 10.0. The summed E-state index contributed by atoms with van der Waals surface area (Å²) in [6.45, 7) is 0. The van der Waals surface area contributed by atoms with E-state index in [-0.39, 0.29) is 29.1 Å². The number of aliphatic hydroxyl groups is 1. The van der Waals surface area contributed by atoms with Gasteiger partial charge in [0.2, 0.25) is 5.43 Å². The highest BCUT2D eigenvalue weighted by Crippen LogP contribution is 2.46. The number of fused-ring (bicyclic) bond motifs is 4. The van der Waals surface area contributed by atoms with E-state index in [1.807, 2.05) is 0 Å². The number of hydrogen-bond acceptors (Lipinski definition) is 9. The lowest BCUT2D eigenvalue weighted by Crippen LogP contribution is -2.30. The fourth-order valence-electron chi connectivity index (χ4n) is 4.44. The first-order valence-electron chi connectivity index (χ1n) is 10.0. The fraction of sp³-hybridized carbons (Fsp3) is 0.125. The van der Waals surface area contributed by atoms with Crippen LogP contribution in [0.4, 0.5) is 0 Å². The highest BCUT2D eigenvalue weighted by atomic mass is 16.5. The van der Waals surface area contributed by atoms with Crippen molar-refractivity contribution in [3.8, 4) is 28.9 Å². The van der Waals surface area contributed by atoms with Crippen molar-refractivity contribution >= 4 is 32.9 Å². The second-order valence-corrected chi connectivity index (χ2v) is 8.03. The average molecular weight is 448 g/mol. The molecule has 0 aliphatic carbocycles. The van der Waals surface area contributed by atoms with Crippen LogP contribution in [0.1, 0.15) is 17.2 Å². The van der Waals surface area contributed by atoms with Crippen LogP contribution >= 0.6 is 0 Å². The first-order chi connectivity index (χ1) is 15.8. The van der Waals surface area contributed by atoms with Gasteiger partial charge in [0, 0.05) is 41.0 Å². The Morgan fingerprint density at radius 2 is 1.64 bits per heavy atom. The number of hydrogen-bond donors (Lipinski definition) is 5. The summed E-state index contributed by atoms with van der Waals surface area (Å²) >= 11 is 0. The summed E-state index contributed by atoms with van der Waals surface area (Å²) in [5, 5.41) is 51.8. The van der Waals surface area contributed by atoms with Crippen LogP contribution in [0.5, 0.6) is 28.9 Å². The monoisotopic (exact) mass is 448 g/mol. The minimum Gasteiger partial charge on any atom is -0.504 e. The second kappa shape index (κ2) is 6.57. The maximum atomic E-state index is 11.9. The topological polar surface area (TPSA) is 154 Å². The Hall–Kier alpha value is -4.37. The molecule has 0 fully saturated rings. The van der Waals surface area contributed by atoms with Gasteiger partial charge in [0.05, 0.1) is 11.5 Å². The lowest BCUT2D eigenvalue weighted by atomic mass is 9.92. The van der Waals surface area contributed by atoms with E-state index >= 15 is 0 Å². The smallest absolute Gasteiger partial charge is 0.282 e. The van der Waals surface area contributed by atoms with E-state index in [0.29, 0.717) is 38.6 Å². The Balaban J connectivity index is 1.62. The van der Waals surface area contributed by atoms with Crippen molar-refractivity contribution in [2.75, 3.05) is 0 Å². The van der Waals surface area contributed by atoms with E-state index in [4.69, 9.17) is 13.6 Å². The molecule has 6 rings (SSSR count). The number of ether oxygens (including phenoxy) is 1.